The van der Waals surface area contributed by atoms with Gasteiger partial charge in [0.05, 0.1) is 10.7 Å². The van der Waals surface area contributed by atoms with Gasteiger partial charge < -0.3 is 15.5 Å². The average molecular weight is 334 g/mol. The highest BCUT2D eigenvalue weighted by atomic mass is 35.5. The largest absolute Gasteiger partial charge is 0.354 e. The Morgan fingerprint density at radius 2 is 2.00 bits per heavy atom. The Morgan fingerprint density at radius 1 is 1.22 bits per heavy atom. The molecule has 0 amide bonds. The molecule has 0 saturated carbocycles. The van der Waals surface area contributed by atoms with Crippen molar-refractivity contribution in [3.8, 4) is 0 Å². The van der Waals surface area contributed by atoms with Crippen LogP contribution in [0.5, 0.6) is 0 Å². The molecule has 1 aromatic carbocycles. The molecule has 0 fully saturated rings. The molecule has 1 aromatic heterocycles. The quantitative estimate of drug-likeness (QED) is 0.754. The maximum atomic E-state index is 6.33. The van der Waals surface area contributed by atoms with Crippen LogP contribution in [-0.4, -0.2) is 42.1 Å². The predicted octanol–water partition coefficient (Wildman–Crippen LogP) is 3.85. The van der Waals surface area contributed by atoms with Crippen molar-refractivity contribution < 1.29 is 0 Å². The van der Waals surface area contributed by atoms with Gasteiger partial charge in [0.25, 0.3) is 0 Å². The summed E-state index contributed by atoms with van der Waals surface area (Å²) < 4.78 is 0. The maximum absolute atomic E-state index is 6.33. The van der Waals surface area contributed by atoms with Crippen molar-refractivity contribution in [1.29, 1.82) is 0 Å². The number of hydrogen-bond donors (Lipinski definition) is 2. The van der Waals surface area contributed by atoms with E-state index in [1.165, 1.54) is 0 Å². The first kappa shape index (κ1) is 17.5. The highest BCUT2D eigenvalue weighted by molar-refractivity contribution is 6.33. The van der Waals surface area contributed by atoms with Crippen LogP contribution in [-0.2, 0) is 0 Å². The second-order valence-corrected chi connectivity index (χ2v) is 6.32. The minimum Gasteiger partial charge on any atom is -0.354 e. The van der Waals surface area contributed by atoms with E-state index in [0.717, 1.165) is 42.1 Å². The zero-order valence-electron chi connectivity index (χ0n) is 14.2. The first-order valence-electron chi connectivity index (χ1n) is 7.71. The van der Waals surface area contributed by atoms with E-state index in [2.05, 4.69) is 45.7 Å². The van der Waals surface area contributed by atoms with E-state index >= 15 is 0 Å². The molecule has 0 aliphatic rings. The van der Waals surface area contributed by atoms with E-state index in [4.69, 9.17) is 11.6 Å². The fraction of sp³-hybridized carbons (Fsp3) is 0.412. The summed E-state index contributed by atoms with van der Waals surface area (Å²) in [5.41, 5.74) is 3.12. The molecule has 0 radical (unpaired) electrons. The van der Waals surface area contributed by atoms with Crippen LogP contribution >= 0.6 is 11.6 Å². The monoisotopic (exact) mass is 333 g/mol. The van der Waals surface area contributed by atoms with E-state index in [1.54, 1.807) is 6.20 Å². The molecule has 0 saturated heterocycles. The van der Waals surface area contributed by atoms with Gasteiger partial charge >= 0.3 is 0 Å². The molecule has 0 spiro atoms. The standard InChI is InChI=1S/C17H24ClN5/c1-12-10-13(2)16(14(18)11-12)21-15-6-8-20-17(22-15)19-7-5-9-23(3)4/h6,8,10-11H,5,7,9H2,1-4H3,(H2,19,20,21,22). The van der Waals surface area contributed by atoms with Gasteiger partial charge in [0.1, 0.15) is 5.82 Å². The number of nitrogens with zero attached hydrogens (tertiary/aromatic N) is 3. The number of aryl methyl sites for hydroxylation is 2. The maximum Gasteiger partial charge on any atom is 0.224 e. The van der Waals surface area contributed by atoms with E-state index in [9.17, 15) is 0 Å². The normalized spacial score (nSPS) is 10.9. The van der Waals surface area contributed by atoms with Gasteiger partial charge in [-0.25, -0.2) is 4.98 Å². The summed E-state index contributed by atoms with van der Waals surface area (Å²) in [4.78, 5) is 10.9. The van der Waals surface area contributed by atoms with E-state index in [0.29, 0.717) is 11.0 Å². The lowest BCUT2D eigenvalue weighted by Gasteiger charge is -2.13. The third-order valence-corrected chi connectivity index (χ3v) is 3.70. The molecular formula is C17H24ClN5. The van der Waals surface area contributed by atoms with Crippen molar-refractivity contribution in [2.75, 3.05) is 37.8 Å². The number of rotatable bonds is 7. The molecule has 0 aliphatic carbocycles. The minimum atomic E-state index is 0.620. The van der Waals surface area contributed by atoms with Crippen molar-refractivity contribution in [2.45, 2.75) is 20.3 Å². The zero-order chi connectivity index (χ0) is 16.8. The molecule has 5 nitrogen and oxygen atoms in total. The number of benzene rings is 1. The van der Waals surface area contributed by atoms with Crippen molar-refractivity contribution in [1.82, 2.24) is 14.9 Å². The fourth-order valence-corrected chi connectivity index (χ4v) is 2.68. The first-order chi connectivity index (χ1) is 11.0. The van der Waals surface area contributed by atoms with Gasteiger partial charge in [0.2, 0.25) is 5.95 Å². The van der Waals surface area contributed by atoms with E-state index < -0.39 is 0 Å². The number of nitrogens with one attached hydrogen (secondary N) is 2. The Hall–Kier alpha value is -1.85. The smallest absolute Gasteiger partial charge is 0.224 e. The third kappa shape index (κ3) is 5.37. The van der Waals surface area contributed by atoms with Crippen LogP contribution in [0.4, 0.5) is 17.5 Å². The minimum absolute atomic E-state index is 0.620. The van der Waals surface area contributed by atoms with E-state index in [-0.39, 0.29) is 0 Å². The predicted molar refractivity (Wildman–Crippen MR) is 97.9 cm³/mol. The van der Waals surface area contributed by atoms with Crippen LogP contribution in [0.3, 0.4) is 0 Å². The molecule has 2 aromatic rings. The lowest BCUT2D eigenvalue weighted by atomic mass is 10.1. The van der Waals surface area contributed by atoms with Gasteiger partial charge in [-0.15, -0.1) is 0 Å². The molecule has 0 bridgehead atoms. The summed E-state index contributed by atoms with van der Waals surface area (Å²) in [7, 11) is 4.13. The number of aromatic nitrogens is 2. The first-order valence-corrected chi connectivity index (χ1v) is 8.09. The molecule has 23 heavy (non-hydrogen) atoms. The van der Waals surface area contributed by atoms with Gasteiger partial charge in [0.15, 0.2) is 0 Å². The Balaban J connectivity index is 2.03. The molecule has 124 valence electrons. The topological polar surface area (TPSA) is 53.1 Å². The van der Waals surface area contributed by atoms with Gasteiger partial charge in [0, 0.05) is 12.7 Å². The highest BCUT2D eigenvalue weighted by Crippen LogP contribution is 2.29. The van der Waals surface area contributed by atoms with Crippen LogP contribution in [0.1, 0.15) is 17.5 Å². The molecule has 0 unspecified atom stereocenters. The fourth-order valence-electron chi connectivity index (χ4n) is 2.31. The summed E-state index contributed by atoms with van der Waals surface area (Å²) in [6.07, 6.45) is 2.78. The molecule has 1 heterocycles. The summed E-state index contributed by atoms with van der Waals surface area (Å²) in [6, 6.07) is 5.87. The van der Waals surface area contributed by atoms with Crippen molar-refractivity contribution in [3.05, 3.63) is 40.5 Å². The van der Waals surface area contributed by atoms with Crippen molar-refractivity contribution in [2.24, 2.45) is 0 Å². The van der Waals surface area contributed by atoms with Gasteiger partial charge in [-0.05, 0) is 64.2 Å². The van der Waals surface area contributed by atoms with Gasteiger partial charge in [-0.2, -0.15) is 4.98 Å². The SMILES string of the molecule is Cc1cc(C)c(Nc2ccnc(NCCCN(C)C)n2)c(Cl)c1. The Labute approximate surface area is 143 Å². The van der Waals surface area contributed by atoms with Crippen LogP contribution < -0.4 is 10.6 Å². The second-order valence-electron chi connectivity index (χ2n) is 5.91. The lowest BCUT2D eigenvalue weighted by Crippen LogP contribution is -2.17. The Kier molecular flexibility index (Phi) is 6.19. The van der Waals surface area contributed by atoms with Gasteiger partial charge in [-0.3, -0.25) is 0 Å². The molecule has 6 heteroatoms. The lowest BCUT2D eigenvalue weighted by molar-refractivity contribution is 0.405. The van der Waals surface area contributed by atoms with Crippen LogP contribution in [0.25, 0.3) is 0 Å². The summed E-state index contributed by atoms with van der Waals surface area (Å²) in [5.74, 6) is 1.35. The summed E-state index contributed by atoms with van der Waals surface area (Å²) in [6.45, 7) is 5.93. The Morgan fingerprint density at radius 3 is 2.70 bits per heavy atom. The van der Waals surface area contributed by atoms with Crippen LogP contribution in [0.2, 0.25) is 5.02 Å². The van der Waals surface area contributed by atoms with Crippen LogP contribution in [0, 0.1) is 13.8 Å². The highest BCUT2D eigenvalue weighted by Gasteiger charge is 2.07. The molecule has 2 rings (SSSR count). The molecule has 0 aliphatic heterocycles. The number of anilines is 3. The number of hydrogen-bond acceptors (Lipinski definition) is 5. The van der Waals surface area contributed by atoms with Crippen LogP contribution in [0.15, 0.2) is 24.4 Å². The summed E-state index contributed by atoms with van der Waals surface area (Å²) >= 11 is 6.33. The Bertz CT molecular complexity index is 634. The van der Waals surface area contributed by atoms with E-state index in [1.807, 2.05) is 26.0 Å². The summed E-state index contributed by atoms with van der Waals surface area (Å²) in [5, 5.41) is 7.22. The molecular weight excluding hydrogens is 310 g/mol. The van der Waals surface area contributed by atoms with Gasteiger partial charge in [-0.1, -0.05) is 17.7 Å². The second kappa shape index (κ2) is 8.13. The zero-order valence-corrected chi connectivity index (χ0v) is 14.9. The molecule has 0 atom stereocenters. The number of halogens is 1. The molecule has 2 N–H and O–H groups in total. The van der Waals surface area contributed by atoms with Crippen molar-refractivity contribution >= 4 is 29.1 Å². The average Bonchev–Trinajstić information content (AvgIpc) is 2.48. The van der Waals surface area contributed by atoms with Crippen molar-refractivity contribution in [3.63, 3.8) is 0 Å². The third-order valence-electron chi connectivity index (χ3n) is 3.41.